The van der Waals surface area contributed by atoms with Crippen LogP contribution >= 0.6 is 0 Å². The van der Waals surface area contributed by atoms with Gasteiger partial charge in [0.1, 0.15) is 11.6 Å². The number of amides is 1. The molecule has 2 heterocycles. The minimum Gasteiger partial charge on any atom is -0.325 e. The van der Waals surface area contributed by atoms with Crippen LogP contribution in [0, 0.1) is 12.7 Å². The van der Waals surface area contributed by atoms with Gasteiger partial charge in [0.05, 0.1) is 17.1 Å². The Bertz CT molecular complexity index is 1090. The lowest BCUT2D eigenvalue weighted by Gasteiger charge is -2.36. The summed E-state index contributed by atoms with van der Waals surface area (Å²) in [6.07, 6.45) is 2.08. The van der Waals surface area contributed by atoms with E-state index in [0.29, 0.717) is 11.7 Å². The van der Waals surface area contributed by atoms with Gasteiger partial charge in [-0.25, -0.2) is 9.37 Å². The van der Waals surface area contributed by atoms with Gasteiger partial charge in [0.25, 0.3) is 0 Å². The second-order valence-corrected chi connectivity index (χ2v) is 8.88. The predicted molar refractivity (Wildman–Crippen MR) is 123 cm³/mol. The summed E-state index contributed by atoms with van der Waals surface area (Å²) < 4.78 is 15.9. The number of imidazole rings is 1. The van der Waals surface area contributed by atoms with Gasteiger partial charge in [-0.2, -0.15) is 0 Å². The number of halogens is 1. The van der Waals surface area contributed by atoms with Gasteiger partial charge < -0.3 is 9.88 Å². The molecule has 2 atom stereocenters. The summed E-state index contributed by atoms with van der Waals surface area (Å²) in [7, 11) is 0. The normalized spacial score (nSPS) is 18.5. The van der Waals surface area contributed by atoms with Crippen molar-refractivity contribution in [2.24, 2.45) is 0 Å². The standard InChI is InChI=1S/C25H31FN4O/c1-16(2)30-23-10-6-5-9-21(23)27-24(30)19-8-7-13-29(15-19)18(4)25(31)28-22-14-20(26)12-11-17(22)3/h5-6,9-12,14,16,18-19H,7-8,13,15H2,1-4H3,(H,28,31). The molecule has 1 aliphatic heterocycles. The number of likely N-dealkylation sites (tertiary alicyclic amines) is 1. The Labute approximate surface area is 183 Å². The molecule has 6 heteroatoms. The fraction of sp³-hybridized carbons (Fsp3) is 0.440. The molecule has 5 nitrogen and oxygen atoms in total. The topological polar surface area (TPSA) is 50.2 Å². The number of aromatic nitrogens is 2. The van der Waals surface area contributed by atoms with Gasteiger partial charge in [-0.15, -0.1) is 0 Å². The molecular weight excluding hydrogens is 391 g/mol. The number of aryl methyl sites for hydroxylation is 1. The van der Waals surface area contributed by atoms with Crippen LogP contribution < -0.4 is 5.32 Å². The van der Waals surface area contributed by atoms with E-state index in [1.807, 2.05) is 19.9 Å². The Kier molecular flexibility index (Phi) is 6.10. The summed E-state index contributed by atoms with van der Waals surface area (Å²) in [4.78, 5) is 20.1. The van der Waals surface area contributed by atoms with Gasteiger partial charge in [-0.05, 0) is 76.9 Å². The number of hydrogen-bond acceptors (Lipinski definition) is 3. The summed E-state index contributed by atoms with van der Waals surface area (Å²) in [5.41, 5.74) is 3.57. The van der Waals surface area contributed by atoms with Crippen molar-refractivity contribution in [3.63, 3.8) is 0 Å². The van der Waals surface area contributed by atoms with Crippen molar-refractivity contribution >= 4 is 22.6 Å². The molecule has 0 saturated carbocycles. The van der Waals surface area contributed by atoms with Crippen LogP contribution in [0.1, 0.15) is 57.0 Å². The Morgan fingerprint density at radius 3 is 2.74 bits per heavy atom. The zero-order valence-corrected chi connectivity index (χ0v) is 18.7. The van der Waals surface area contributed by atoms with E-state index in [1.54, 1.807) is 6.07 Å². The Balaban J connectivity index is 1.53. The first-order chi connectivity index (χ1) is 14.8. The fourth-order valence-corrected chi connectivity index (χ4v) is 4.59. The minimum atomic E-state index is -0.348. The molecule has 1 amide bonds. The third-order valence-electron chi connectivity index (χ3n) is 6.34. The monoisotopic (exact) mass is 422 g/mol. The molecular formula is C25H31FN4O. The lowest BCUT2D eigenvalue weighted by Crippen LogP contribution is -2.47. The number of rotatable bonds is 5. The highest BCUT2D eigenvalue weighted by molar-refractivity contribution is 5.95. The van der Waals surface area contributed by atoms with E-state index in [4.69, 9.17) is 4.98 Å². The van der Waals surface area contributed by atoms with E-state index in [1.165, 1.54) is 12.1 Å². The number of benzene rings is 2. The maximum absolute atomic E-state index is 13.6. The molecule has 4 rings (SSSR count). The van der Waals surface area contributed by atoms with Crippen LogP contribution in [0.25, 0.3) is 11.0 Å². The molecule has 0 spiro atoms. The first-order valence-electron chi connectivity index (χ1n) is 11.1. The second kappa shape index (κ2) is 8.79. The van der Waals surface area contributed by atoms with Crippen molar-refractivity contribution in [1.29, 1.82) is 0 Å². The zero-order valence-electron chi connectivity index (χ0n) is 18.7. The summed E-state index contributed by atoms with van der Waals surface area (Å²) in [5.74, 6) is 0.926. The predicted octanol–water partition coefficient (Wildman–Crippen LogP) is 5.27. The van der Waals surface area contributed by atoms with E-state index in [0.717, 1.165) is 48.4 Å². The largest absolute Gasteiger partial charge is 0.325 e. The number of piperidine rings is 1. The number of nitrogens with one attached hydrogen (secondary N) is 1. The number of para-hydroxylation sites is 2. The molecule has 2 aromatic carbocycles. The molecule has 164 valence electrons. The van der Waals surface area contributed by atoms with Crippen LogP contribution in [0.4, 0.5) is 10.1 Å². The molecule has 1 fully saturated rings. The average molecular weight is 423 g/mol. The van der Waals surface area contributed by atoms with Crippen molar-refractivity contribution < 1.29 is 9.18 Å². The molecule has 0 bridgehead atoms. The lowest BCUT2D eigenvalue weighted by molar-refractivity contribution is -0.121. The van der Waals surface area contributed by atoms with Gasteiger partial charge in [-0.3, -0.25) is 9.69 Å². The highest BCUT2D eigenvalue weighted by Crippen LogP contribution is 2.32. The minimum absolute atomic E-state index is 0.105. The quantitative estimate of drug-likeness (QED) is 0.609. The van der Waals surface area contributed by atoms with Gasteiger partial charge in [0.15, 0.2) is 0 Å². The first kappa shape index (κ1) is 21.5. The van der Waals surface area contributed by atoms with Crippen molar-refractivity contribution in [2.75, 3.05) is 18.4 Å². The summed E-state index contributed by atoms with van der Waals surface area (Å²) >= 11 is 0. The van der Waals surface area contributed by atoms with E-state index in [-0.39, 0.29) is 23.7 Å². The second-order valence-electron chi connectivity index (χ2n) is 8.88. The molecule has 3 aromatic rings. The summed E-state index contributed by atoms with van der Waals surface area (Å²) in [6.45, 7) is 9.83. The molecule has 0 radical (unpaired) electrons. The molecule has 1 N–H and O–H groups in total. The highest BCUT2D eigenvalue weighted by Gasteiger charge is 2.31. The first-order valence-corrected chi connectivity index (χ1v) is 11.1. The van der Waals surface area contributed by atoms with Crippen molar-refractivity contribution in [1.82, 2.24) is 14.5 Å². The highest BCUT2D eigenvalue weighted by atomic mass is 19.1. The molecule has 2 unspecified atom stereocenters. The van der Waals surface area contributed by atoms with E-state index in [2.05, 4.69) is 46.8 Å². The molecule has 1 saturated heterocycles. The van der Waals surface area contributed by atoms with Crippen LogP contribution in [0.5, 0.6) is 0 Å². The SMILES string of the molecule is Cc1ccc(F)cc1NC(=O)C(C)N1CCCC(c2nc3ccccc3n2C(C)C)C1. The lowest BCUT2D eigenvalue weighted by atomic mass is 9.95. The molecule has 0 aliphatic carbocycles. The van der Waals surface area contributed by atoms with E-state index < -0.39 is 0 Å². The third kappa shape index (κ3) is 4.35. The molecule has 31 heavy (non-hydrogen) atoms. The maximum atomic E-state index is 13.6. The zero-order chi connectivity index (χ0) is 22.1. The number of anilines is 1. The summed E-state index contributed by atoms with van der Waals surface area (Å²) in [6, 6.07) is 12.8. The smallest absolute Gasteiger partial charge is 0.241 e. The number of carbonyl (C=O) groups excluding carboxylic acids is 1. The van der Waals surface area contributed by atoms with Gasteiger partial charge in [0.2, 0.25) is 5.91 Å². The molecule has 1 aliphatic rings. The Hall–Kier alpha value is -2.73. The molecule has 1 aromatic heterocycles. The van der Waals surface area contributed by atoms with Crippen LogP contribution in [-0.2, 0) is 4.79 Å². The third-order valence-corrected chi connectivity index (χ3v) is 6.34. The number of carbonyl (C=O) groups is 1. The van der Waals surface area contributed by atoms with Gasteiger partial charge in [-0.1, -0.05) is 18.2 Å². The Morgan fingerprint density at radius 2 is 1.97 bits per heavy atom. The van der Waals surface area contributed by atoms with Crippen molar-refractivity contribution in [2.45, 2.75) is 58.5 Å². The van der Waals surface area contributed by atoms with Crippen LogP contribution in [0.2, 0.25) is 0 Å². The Morgan fingerprint density at radius 1 is 1.19 bits per heavy atom. The number of fused-ring (bicyclic) bond motifs is 1. The van der Waals surface area contributed by atoms with Gasteiger partial charge >= 0.3 is 0 Å². The van der Waals surface area contributed by atoms with Gasteiger partial charge in [0, 0.05) is 24.2 Å². The van der Waals surface area contributed by atoms with Crippen LogP contribution in [-0.4, -0.2) is 39.5 Å². The van der Waals surface area contributed by atoms with Crippen LogP contribution in [0.3, 0.4) is 0 Å². The fourth-order valence-electron chi connectivity index (χ4n) is 4.59. The average Bonchev–Trinajstić information content (AvgIpc) is 3.16. The van der Waals surface area contributed by atoms with E-state index in [9.17, 15) is 9.18 Å². The number of nitrogens with zero attached hydrogens (tertiary/aromatic N) is 3. The van der Waals surface area contributed by atoms with Crippen molar-refractivity contribution in [3.8, 4) is 0 Å². The maximum Gasteiger partial charge on any atom is 0.241 e. The van der Waals surface area contributed by atoms with Crippen molar-refractivity contribution in [3.05, 3.63) is 59.7 Å². The number of hydrogen-bond donors (Lipinski definition) is 1. The van der Waals surface area contributed by atoms with E-state index >= 15 is 0 Å². The summed E-state index contributed by atoms with van der Waals surface area (Å²) in [5, 5.41) is 2.91. The van der Waals surface area contributed by atoms with Crippen LogP contribution in [0.15, 0.2) is 42.5 Å².